The van der Waals surface area contributed by atoms with E-state index in [4.69, 9.17) is 9.84 Å². The minimum absolute atomic E-state index is 0.169. The summed E-state index contributed by atoms with van der Waals surface area (Å²) in [5.41, 5.74) is 0.879. The summed E-state index contributed by atoms with van der Waals surface area (Å²) in [6.07, 6.45) is -0.573. The summed E-state index contributed by atoms with van der Waals surface area (Å²) in [5, 5.41) is 8.61. The summed E-state index contributed by atoms with van der Waals surface area (Å²) in [7, 11) is 0. The van der Waals surface area contributed by atoms with Crippen LogP contribution in [0.5, 0.6) is 0 Å². The fourth-order valence-corrected chi connectivity index (χ4v) is 1.35. The summed E-state index contributed by atoms with van der Waals surface area (Å²) in [6.45, 7) is 0.408. The molecule has 2 rings (SSSR count). The zero-order chi connectivity index (χ0) is 11.5. The summed E-state index contributed by atoms with van der Waals surface area (Å²) in [4.78, 5) is 23.0. The van der Waals surface area contributed by atoms with Gasteiger partial charge in [0.1, 0.15) is 6.61 Å². The van der Waals surface area contributed by atoms with Gasteiger partial charge in [-0.05, 0) is 5.56 Å². The highest BCUT2D eigenvalue weighted by Gasteiger charge is 2.45. The van der Waals surface area contributed by atoms with Crippen molar-refractivity contribution in [3.63, 3.8) is 0 Å². The minimum atomic E-state index is -0.989. The van der Waals surface area contributed by atoms with Crippen LogP contribution in [0.4, 0.5) is 4.79 Å². The fraction of sp³-hybridized carbons (Fsp3) is 0.273. The summed E-state index contributed by atoms with van der Waals surface area (Å²) >= 11 is 0. The largest absolute Gasteiger partial charge is 0.480 e. The lowest BCUT2D eigenvalue weighted by atomic mass is 10.2. The highest BCUT2D eigenvalue weighted by atomic mass is 16.6. The average molecular weight is 221 g/mol. The first-order chi connectivity index (χ1) is 7.68. The second-order valence-corrected chi connectivity index (χ2v) is 3.55. The molecular formula is C11H11NO4. The smallest absolute Gasteiger partial charge is 0.411 e. The minimum Gasteiger partial charge on any atom is -0.480 e. The van der Waals surface area contributed by atoms with Gasteiger partial charge in [0, 0.05) is 0 Å². The molecule has 0 aliphatic carbocycles. The Morgan fingerprint density at radius 3 is 2.62 bits per heavy atom. The van der Waals surface area contributed by atoms with Crippen LogP contribution >= 0.6 is 0 Å². The number of carboxylic acids is 1. The first kappa shape index (κ1) is 10.5. The number of nitrogens with zero attached hydrogens (tertiary/aromatic N) is 1. The van der Waals surface area contributed by atoms with E-state index in [-0.39, 0.29) is 13.2 Å². The van der Waals surface area contributed by atoms with Crippen LogP contribution in [0.2, 0.25) is 0 Å². The second kappa shape index (κ2) is 4.22. The normalized spacial score (nSPS) is 18.0. The van der Waals surface area contributed by atoms with E-state index in [1.807, 2.05) is 30.3 Å². The Morgan fingerprint density at radius 2 is 2.06 bits per heavy atom. The molecule has 0 bridgehead atoms. The summed E-state index contributed by atoms with van der Waals surface area (Å²) < 4.78 is 4.96. The van der Waals surface area contributed by atoms with Crippen molar-refractivity contribution in [3.05, 3.63) is 35.9 Å². The fourth-order valence-electron chi connectivity index (χ4n) is 1.35. The van der Waals surface area contributed by atoms with Crippen molar-refractivity contribution in [1.29, 1.82) is 0 Å². The van der Waals surface area contributed by atoms with Gasteiger partial charge in [-0.15, -0.1) is 0 Å². The van der Waals surface area contributed by atoms with Gasteiger partial charge in [-0.1, -0.05) is 30.3 Å². The second-order valence-electron chi connectivity index (χ2n) is 3.55. The lowest BCUT2D eigenvalue weighted by Gasteiger charge is -2.05. The number of aliphatic carboxylic acids is 1. The monoisotopic (exact) mass is 221 g/mol. The van der Waals surface area contributed by atoms with Gasteiger partial charge in [0.25, 0.3) is 0 Å². The Morgan fingerprint density at radius 1 is 1.38 bits per heavy atom. The Hall–Kier alpha value is -2.04. The topological polar surface area (TPSA) is 66.6 Å². The number of benzene rings is 1. The van der Waals surface area contributed by atoms with Crippen molar-refractivity contribution in [1.82, 2.24) is 4.90 Å². The van der Waals surface area contributed by atoms with Gasteiger partial charge in [0.2, 0.25) is 0 Å². The van der Waals surface area contributed by atoms with E-state index in [0.29, 0.717) is 0 Å². The maximum atomic E-state index is 11.3. The molecule has 5 heteroatoms. The SMILES string of the molecule is O=C(O)C1CN1C(=O)OCc1ccccc1. The standard InChI is InChI=1S/C11H11NO4/c13-10(14)9-6-12(9)11(15)16-7-8-4-2-1-3-5-8/h1-5,9H,6-7H2,(H,13,14). The zero-order valence-electron chi connectivity index (χ0n) is 8.50. The molecule has 1 amide bonds. The molecule has 1 N–H and O–H groups in total. The van der Waals surface area contributed by atoms with Crippen molar-refractivity contribution in [2.45, 2.75) is 12.6 Å². The average Bonchev–Trinajstić information content (AvgIpc) is 3.07. The van der Waals surface area contributed by atoms with Gasteiger partial charge in [0.05, 0.1) is 6.54 Å². The molecule has 0 spiro atoms. The van der Waals surface area contributed by atoms with Crippen LogP contribution in [0.25, 0.3) is 0 Å². The molecule has 1 aliphatic rings. The van der Waals surface area contributed by atoms with Crippen LogP contribution in [0.15, 0.2) is 30.3 Å². The molecule has 1 unspecified atom stereocenters. The molecule has 5 nitrogen and oxygen atoms in total. The number of carboxylic acid groups (broad SMARTS) is 1. The highest BCUT2D eigenvalue weighted by Crippen LogP contribution is 2.19. The number of ether oxygens (including phenoxy) is 1. The van der Waals surface area contributed by atoms with Crippen molar-refractivity contribution in [2.75, 3.05) is 6.54 Å². The van der Waals surface area contributed by atoms with Gasteiger partial charge in [-0.2, -0.15) is 0 Å². The molecule has 1 atom stereocenters. The van der Waals surface area contributed by atoms with Crippen molar-refractivity contribution in [2.24, 2.45) is 0 Å². The van der Waals surface area contributed by atoms with Crippen molar-refractivity contribution >= 4 is 12.1 Å². The molecule has 0 saturated carbocycles. The van der Waals surface area contributed by atoms with E-state index in [1.165, 1.54) is 4.90 Å². The number of hydrogen-bond acceptors (Lipinski definition) is 3. The maximum absolute atomic E-state index is 11.3. The number of carbonyl (C=O) groups excluding carboxylic acids is 1. The molecule has 1 heterocycles. The molecule has 84 valence electrons. The van der Waals surface area contributed by atoms with Crippen LogP contribution in [0, 0.1) is 0 Å². The molecule has 0 radical (unpaired) electrons. The predicted octanol–water partition coefficient (Wildman–Crippen LogP) is 1.09. The lowest BCUT2D eigenvalue weighted by Crippen LogP contribution is -2.19. The van der Waals surface area contributed by atoms with Crippen LogP contribution in [0.3, 0.4) is 0 Å². The third-order valence-electron chi connectivity index (χ3n) is 2.34. The van der Waals surface area contributed by atoms with E-state index in [2.05, 4.69) is 0 Å². The molecule has 1 aromatic carbocycles. The molecule has 0 aromatic heterocycles. The van der Waals surface area contributed by atoms with Crippen molar-refractivity contribution in [3.8, 4) is 0 Å². The van der Waals surface area contributed by atoms with Gasteiger partial charge >= 0.3 is 12.1 Å². The van der Waals surface area contributed by atoms with Crippen LogP contribution in [-0.4, -0.2) is 34.7 Å². The van der Waals surface area contributed by atoms with Crippen molar-refractivity contribution < 1.29 is 19.4 Å². The van der Waals surface area contributed by atoms with E-state index in [0.717, 1.165) is 5.56 Å². The van der Waals surface area contributed by atoms with Gasteiger partial charge < -0.3 is 9.84 Å². The third kappa shape index (κ3) is 2.31. The molecule has 1 fully saturated rings. The maximum Gasteiger partial charge on any atom is 0.411 e. The number of carbonyl (C=O) groups is 2. The molecular weight excluding hydrogens is 210 g/mol. The van der Waals surface area contributed by atoms with Gasteiger partial charge in [-0.3, -0.25) is 4.90 Å². The Labute approximate surface area is 92.2 Å². The Balaban J connectivity index is 1.80. The first-order valence-electron chi connectivity index (χ1n) is 4.88. The van der Waals surface area contributed by atoms with Crippen LogP contribution < -0.4 is 0 Å². The lowest BCUT2D eigenvalue weighted by molar-refractivity contribution is -0.137. The molecule has 1 aliphatic heterocycles. The number of rotatable bonds is 3. The zero-order valence-corrected chi connectivity index (χ0v) is 8.50. The van der Waals surface area contributed by atoms with Gasteiger partial charge in [0.15, 0.2) is 6.04 Å². The highest BCUT2D eigenvalue weighted by molar-refractivity contribution is 5.85. The summed E-state index contributed by atoms with van der Waals surface area (Å²) in [5.74, 6) is -0.989. The van der Waals surface area contributed by atoms with Gasteiger partial charge in [-0.25, -0.2) is 9.59 Å². The van der Waals surface area contributed by atoms with E-state index < -0.39 is 18.1 Å². The Kier molecular flexibility index (Phi) is 2.76. The quantitative estimate of drug-likeness (QED) is 0.776. The van der Waals surface area contributed by atoms with E-state index >= 15 is 0 Å². The molecule has 1 saturated heterocycles. The first-order valence-corrected chi connectivity index (χ1v) is 4.88. The number of amides is 1. The Bertz CT molecular complexity index is 404. The third-order valence-corrected chi connectivity index (χ3v) is 2.34. The number of hydrogen-bond donors (Lipinski definition) is 1. The predicted molar refractivity (Wildman–Crippen MR) is 54.8 cm³/mol. The summed E-state index contributed by atoms with van der Waals surface area (Å²) in [6, 6.07) is 8.54. The van der Waals surface area contributed by atoms with Crippen LogP contribution in [0.1, 0.15) is 5.56 Å². The molecule has 1 aromatic rings. The van der Waals surface area contributed by atoms with E-state index in [9.17, 15) is 9.59 Å². The van der Waals surface area contributed by atoms with E-state index in [1.54, 1.807) is 0 Å². The van der Waals surface area contributed by atoms with Crippen LogP contribution in [-0.2, 0) is 16.1 Å². The molecule has 16 heavy (non-hydrogen) atoms.